The van der Waals surface area contributed by atoms with Crippen LogP contribution in [0, 0.1) is 0 Å². The van der Waals surface area contributed by atoms with E-state index in [1.54, 1.807) is 0 Å². The minimum Gasteiger partial charge on any atom is -0.311 e. The summed E-state index contributed by atoms with van der Waals surface area (Å²) in [5.74, 6) is 0. The Hall–Kier alpha value is -11.1. The van der Waals surface area contributed by atoms with Gasteiger partial charge >= 0.3 is 0 Å². The number of aromatic nitrogens is 3. The molecule has 6 heteroatoms. The minimum atomic E-state index is -0.330. The Morgan fingerprint density at radius 2 is 0.500 bits per heavy atom. The van der Waals surface area contributed by atoms with Gasteiger partial charge in [-0.2, -0.15) is 0 Å². The van der Waals surface area contributed by atoms with Gasteiger partial charge in [0.15, 0.2) is 0 Å². The van der Waals surface area contributed by atoms with Crippen LogP contribution in [0.2, 0.25) is 0 Å². The highest BCUT2D eigenvalue weighted by molar-refractivity contribution is 7.00. The maximum absolute atomic E-state index is 2.76. The molecule has 0 amide bonds. The van der Waals surface area contributed by atoms with E-state index >= 15 is 0 Å². The van der Waals surface area contributed by atoms with Gasteiger partial charge in [-0.25, -0.2) is 0 Å². The smallest absolute Gasteiger partial charge is 0.252 e. The van der Waals surface area contributed by atoms with Crippen molar-refractivity contribution in [3.8, 4) is 39.3 Å². The molecule has 2 aliphatic heterocycles. The molecular weight excluding hydrogens is 1450 g/mol. The summed E-state index contributed by atoms with van der Waals surface area (Å²) in [6.45, 7) is 64.0. The highest BCUT2D eigenvalue weighted by Crippen LogP contribution is 2.54. The van der Waals surface area contributed by atoms with Gasteiger partial charge in [-0.1, -0.05) is 314 Å². The van der Waals surface area contributed by atoms with Crippen LogP contribution in [-0.2, 0) is 48.7 Å². The van der Waals surface area contributed by atoms with E-state index in [4.69, 9.17) is 0 Å². The molecule has 16 aromatic rings. The number of nitrogens with zero attached hydrogens (tertiary/aromatic N) is 5. The van der Waals surface area contributed by atoms with Crippen molar-refractivity contribution in [2.24, 2.45) is 0 Å². The quantitative estimate of drug-likeness (QED) is 0.148. The van der Waals surface area contributed by atoms with E-state index in [9.17, 15) is 0 Å². The van der Waals surface area contributed by atoms with Crippen LogP contribution >= 0.6 is 0 Å². The third-order valence-electron chi connectivity index (χ3n) is 26.6. The molecular formula is C114H122BN5. The zero-order valence-corrected chi connectivity index (χ0v) is 76.5. The van der Waals surface area contributed by atoms with Crippen LogP contribution in [0.1, 0.15) is 237 Å². The molecule has 0 atom stereocenters. The lowest BCUT2D eigenvalue weighted by Crippen LogP contribution is -2.61. The average molecular weight is 1570 g/mol. The first-order valence-corrected chi connectivity index (χ1v) is 44.0. The highest BCUT2D eigenvalue weighted by Gasteiger charge is 2.46. The van der Waals surface area contributed by atoms with Crippen LogP contribution in [0.4, 0.5) is 34.1 Å². The molecule has 0 saturated carbocycles. The highest BCUT2D eigenvalue weighted by atomic mass is 15.2. The zero-order valence-electron chi connectivity index (χ0n) is 76.5. The predicted octanol–water partition coefficient (Wildman–Crippen LogP) is 30.1. The van der Waals surface area contributed by atoms with Crippen molar-refractivity contribution < 1.29 is 0 Å². The molecule has 0 unspecified atom stereocenters. The third-order valence-corrected chi connectivity index (χ3v) is 26.6. The Kier molecular flexibility index (Phi) is 18.1. The van der Waals surface area contributed by atoms with E-state index in [-0.39, 0.29) is 55.4 Å². The standard InChI is InChI=1S/C114H122BN5/c1-106(2,3)71-41-49-95(85(59-71)69-53-75(110(13,14)15)57-76(54-69)111(16,17)18)119-101-65-81(117-97-51-43-73(108(7,8)9)61-87(97)88-62-74(109(10,11)12)44-52-98(88)117)45-47-91(101)115-92-48-46-82(118-94-40-34-32-38-84(94)90-67-89-83-37-31-33-39-93(83)116(99(89)68-100(90)118)80-35-29-28-30-36-80)66-102(92)120(104-64-79(114(25,26)27)63-103(119)105(104)115)96-50-42-72(107(4,5)6)60-86(96)70-55-77(112(19,20)21)58-78(56-70)113(22,23)24/h28-68H,1-27H3. The molecule has 0 aliphatic carbocycles. The second kappa shape index (κ2) is 27.2. The summed E-state index contributed by atoms with van der Waals surface area (Å²) in [6, 6.07) is 99.2. The Labute approximate surface area is 715 Å². The van der Waals surface area contributed by atoms with Crippen LogP contribution in [0.15, 0.2) is 249 Å². The van der Waals surface area contributed by atoms with Gasteiger partial charge < -0.3 is 23.5 Å². The second-order valence-electron chi connectivity index (χ2n) is 44.6. The molecule has 5 nitrogen and oxygen atoms in total. The molecule has 0 fully saturated rings. The fourth-order valence-corrected chi connectivity index (χ4v) is 19.2. The van der Waals surface area contributed by atoms with Gasteiger partial charge in [0, 0.05) is 83.3 Å². The number of anilines is 6. The van der Waals surface area contributed by atoms with Crippen molar-refractivity contribution in [2.75, 3.05) is 9.80 Å². The average Bonchev–Trinajstić information content (AvgIpc) is 0.800. The maximum atomic E-state index is 2.76. The minimum absolute atomic E-state index is 0.0621. The monoisotopic (exact) mass is 1570 g/mol. The van der Waals surface area contributed by atoms with E-state index in [1.165, 1.54) is 154 Å². The fourth-order valence-electron chi connectivity index (χ4n) is 19.2. The van der Waals surface area contributed by atoms with Crippen molar-refractivity contribution in [3.05, 3.63) is 299 Å². The number of para-hydroxylation sites is 3. The first-order valence-electron chi connectivity index (χ1n) is 44.0. The number of rotatable bonds is 7. The Morgan fingerprint density at radius 3 is 0.875 bits per heavy atom. The molecule has 3 aromatic heterocycles. The van der Waals surface area contributed by atoms with E-state index < -0.39 is 0 Å². The number of hydrogen-bond acceptors (Lipinski definition) is 2. The van der Waals surface area contributed by atoms with Crippen LogP contribution in [0.25, 0.3) is 105 Å². The topological polar surface area (TPSA) is 21.3 Å². The number of fused-ring (bicyclic) bond motifs is 13. The first-order chi connectivity index (χ1) is 56.2. The summed E-state index contributed by atoms with van der Waals surface area (Å²) in [4.78, 5) is 5.51. The molecule has 0 radical (unpaired) electrons. The summed E-state index contributed by atoms with van der Waals surface area (Å²) >= 11 is 0. The Balaban J connectivity index is 1.01. The molecule has 18 rings (SSSR count). The van der Waals surface area contributed by atoms with Crippen molar-refractivity contribution in [1.82, 2.24) is 13.7 Å². The third kappa shape index (κ3) is 13.4. The number of benzene rings is 13. The van der Waals surface area contributed by atoms with Crippen molar-refractivity contribution in [2.45, 2.75) is 236 Å². The van der Waals surface area contributed by atoms with Crippen LogP contribution in [-0.4, -0.2) is 20.4 Å². The maximum Gasteiger partial charge on any atom is 0.252 e. The second-order valence-corrected chi connectivity index (χ2v) is 44.6. The van der Waals surface area contributed by atoms with Gasteiger partial charge in [-0.05, 0) is 248 Å². The summed E-state index contributed by atoms with van der Waals surface area (Å²) in [5, 5.41) is 7.47. The van der Waals surface area contributed by atoms with Gasteiger partial charge in [-0.15, -0.1) is 0 Å². The molecule has 0 N–H and O–H groups in total. The van der Waals surface area contributed by atoms with Gasteiger partial charge in [-0.3, -0.25) is 0 Å². The Bertz CT molecular complexity index is 6760. The lowest BCUT2D eigenvalue weighted by atomic mass is 9.33. The lowest BCUT2D eigenvalue weighted by Gasteiger charge is -2.46. The summed E-state index contributed by atoms with van der Waals surface area (Å²) in [7, 11) is 0. The molecule has 13 aromatic carbocycles. The zero-order chi connectivity index (χ0) is 85.3. The molecule has 2 aliphatic rings. The largest absolute Gasteiger partial charge is 0.311 e. The van der Waals surface area contributed by atoms with Gasteiger partial charge in [0.1, 0.15) is 0 Å². The normalized spacial score (nSPS) is 13.9. The van der Waals surface area contributed by atoms with E-state index in [0.29, 0.717) is 0 Å². The van der Waals surface area contributed by atoms with Gasteiger partial charge in [0.25, 0.3) is 6.71 Å². The van der Waals surface area contributed by atoms with Crippen LogP contribution in [0.3, 0.4) is 0 Å². The predicted molar refractivity (Wildman–Crippen MR) is 523 cm³/mol. The van der Waals surface area contributed by atoms with Gasteiger partial charge in [0.05, 0.1) is 44.5 Å². The summed E-state index contributed by atoms with van der Waals surface area (Å²) in [5.41, 5.74) is 36.5. The van der Waals surface area contributed by atoms with Crippen molar-refractivity contribution in [1.29, 1.82) is 0 Å². The molecule has 120 heavy (non-hydrogen) atoms. The van der Waals surface area contributed by atoms with Crippen LogP contribution < -0.4 is 26.2 Å². The van der Waals surface area contributed by atoms with Crippen LogP contribution in [0.5, 0.6) is 0 Å². The summed E-state index contributed by atoms with van der Waals surface area (Å²) < 4.78 is 7.64. The van der Waals surface area contributed by atoms with E-state index in [0.717, 1.165) is 50.8 Å². The summed E-state index contributed by atoms with van der Waals surface area (Å²) in [6.07, 6.45) is 0. The molecule has 606 valence electrons. The molecule has 0 saturated heterocycles. The lowest BCUT2D eigenvalue weighted by molar-refractivity contribution is 0.568. The Morgan fingerprint density at radius 1 is 0.192 bits per heavy atom. The van der Waals surface area contributed by atoms with Crippen molar-refractivity contribution >= 4 is 123 Å². The molecule has 5 heterocycles. The van der Waals surface area contributed by atoms with E-state index in [2.05, 4.69) is 459 Å². The molecule has 0 spiro atoms. The molecule has 0 bridgehead atoms. The van der Waals surface area contributed by atoms with E-state index in [1.807, 2.05) is 0 Å². The first kappa shape index (κ1) is 80.0. The van der Waals surface area contributed by atoms with Gasteiger partial charge in [0.2, 0.25) is 0 Å². The number of hydrogen-bond donors (Lipinski definition) is 0. The SMILES string of the molecule is CC(C)(C)c1cc(-c2cc(C(C)(C)C)ccc2N2c3cc(-n4c5ccc(C(C)(C)C)cc5c5cc(C(C)(C)C)ccc54)ccc3B3c4ccc(-n5c6ccccc6c6cc7c8ccccc8n(-c8ccccc8)c7cc65)cc4N(c4ccc(C(C)(C)C)cc4-c4cc(C(C)(C)C)cc(C(C)(C)C)c4)c4cc(C(C)(C)C)cc2c43)cc(C(C)(C)C)c1. The fraction of sp³-hybridized carbons (Fsp3) is 0.316. The van der Waals surface area contributed by atoms with Crippen molar-refractivity contribution in [3.63, 3.8) is 0 Å².